The fourth-order valence-electron chi connectivity index (χ4n) is 1.24. The van der Waals surface area contributed by atoms with Gasteiger partial charge in [-0.2, -0.15) is 0 Å². The Balaban J connectivity index is 2.44. The van der Waals surface area contributed by atoms with Gasteiger partial charge in [0.1, 0.15) is 6.04 Å². The van der Waals surface area contributed by atoms with Gasteiger partial charge in [-0.15, -0.1) is 11.3 Å². The van der Waals surface area contributed by atoms with Crippen LogP contribution in [-0.4, -0.2) is 39.2 Å². The second-order valence-corrected chi connectivity index (χ2v) is 4.98. The van der Waals surface area contributed by atoms with Crippen molar-refractivity contribution in [2.75, 3.05) is 0 Å². The van der Waals surface area contributed by atoms with Gasteiger partial charge in [0.25, 0.3) is 0 Å². The molecule has 1 heterocycles. The Morgan fingerprint density at radius 3 is 2.58 bits per heavy atom. The second kappa shape index (κ2) is 6.69. The lowest BCUT2D eigenvalue weighted by Gasteiger charge is -2.12. The van der Waals surface area contributed by atoms with Crippen molar-refractivity contribution in [2.24, 2.45) is 0 Å². The molecule has 1 aromatic heterocycles. The summed E-state index contributed by atoms with van der Waals surface area (Å²) in [5, 5.41) is 22.6. The summed E-state index contributed by atoms with van der Waals surface area (Å²) < 4.78 is 0. The highest BCUT2D eigenvalue weighted by Crippen LogP contribution is 2.10. The van der Waals surface area contributed by atoms with Crippen molar-refractivity contribution in [2.45, 2.75) is 25.9 Å². The van der Waals surface area contributed by atoms with E-state index in [9.17, 15) is 14.4 Å². The van der Waals surface area contributed by atoms with Crippen LogP contribution in [0, 0.1) is 6.92 Å². The van der Waals surface area contributed by atoms with Crippen LogP contribution in [0.25, 0.3) is 0 Å². The minimum atomic E-state index is -1.46. The molecule has 2 amide bonds. The topological polar surface area (TPSA) is 129 Å². The first-order valence-corrected chi connectivity index (χ1v) is 6.10. The number of aryl methyl sites for hydroxylation is 1. The predicted molar refractivity (Wildman–Crippen MR) is 65.9 cm³/mol. The molecule has 19 heavy (non-hydrogen) atoms. The van der Waals surface area contributed by atoms with Crippen LogP contribution in [0.15, 0.2) is 6.20 Å². The van der Waals surface area contributed by atoms with E-state index in [1.54, 1.807) is 6.20 Å². The molecule has 0 aliphatic carbocycles. The molecule has 0 spiro atoms. The average molecular weight is 287 g/mol. The molecule has 0 radical (unpaired) electrons. The van der Waals surface area contributed by atoms with Crippen LogP contribution in [0.2, 0.25) is 0 Å². The third kappa shape index (κ3) is 5.34. The van der Waals surface area contributed by atoms with Crippen LogP contribution in [0.1, 0.15) is 16.3 Å². The maximum absolute atomic E-state index is 11.4. The fraction of sp³-hybridized carbons (Fsp3) is 0.400. The van der Waals surface area contributed by atoms with E-state index >= 15 is 0 Å². The number of aliphatic carboxylic acids is 2. The Morgan fingerprint density at radius 2 is 2.11 bits per heavy atom. The van der Waals surface area contributed by atoms with Gasteiger partial charge in [-0.1, -0.05) is 0 Å². The van der Waals surface area contributed by atoms with Crippen molar-refractivity contribution in [1.82, 2.24) is 15.6 Å². The van der Waals surface area contributed by atoms with Gasteiger partial charge in [-0.25, -0.2) is 14.6 Å². The molecule has 0 unspecified atom stereocenters. The van der Waals surface area contributed by atoms with Crippen LogP contribution in [0.3, 0.4) is 0 Å². The molecule has 0 saturated carbocycles. The smallest absolute Gasteiger partial charge is 0.326 e. The van der Waals surface area contributed by atoms with Crippen LogP contribution in [0.5, 0.6) is 0 Å². The molecule has 0 aliphatic rings. The molecule has 1 atom stereocenters. The number of rotatable bonds is 6. The monoisotopic (exact) mass is 287 g/mol. The highest BCUT2D eigenvalue weighted by atomic mass is 32.1. The van der Waals surface area contributed by atoms with Gasteiger partial charge in [-0.05, 0) is 6.92 Å². The zero-order valence-electron chi connectivity index (χ0n) is 10.0. The normalized spacial score (nSPS) is 11.6. The SMILES string of the molecule is Cc1ncc(CNC(=O)N[C@H](CC(=O)O)C(=O)O)s1. The van der Waals surface area contributed by atoms with Gasteiger partial charge in [0.2, 0.25) is 0 Å². The molecule has 0 aromatic carbocycles. The van der Waals surface area contributed by atoms with E-state index in [0.717, 1.165) is 9.88 Å². The molecule has 0 bridgehead atoms. The van der Waals surface area contributed by atoms with Crippen LogP contribution < -0.4 is 10.6 Å². The first-order valence-electron chi connectivity index (χ1n) is 5.28. The van der Waals surface area contributed by atoms with E-state index in [-0.39, 0.29) is 6.54 Å². The Morgan fingerprint density at radius 1 is 1.42 bits per heavy atom. The van der Waals surface area contributed by atoms with Crippen molar-refractivity contribution < 1.29 is 24.6 Å². The largest absolute Gasteiger partial charge is 0.481 e. The summed E-state index contributed by atoms with van der Waals surface area (Å²) in [6.07, 6.45) is 0.925. The highest BCUT2D eigenvalue weighted by molar-refractivity contribution is 7.11. The number of carboxylic acids is 2. The number of carbonyl (C=O) groups is 3. The van der Waals surface area contributed by atoms with Gasteiger partial charge in [0.15, 0.2) is 0 Å². The Hall–Kier alpha value is -2.16. The number of nitrogens with one attached hydrogen (secondary N) is 2. The Bertz CT molecular complexity index is 487. The standard InChI is InChI=1S/C10H13N3O5S/c1-5-11-3-6(19-5)4-12-10(18)13-7(9(16)17)2-8(14)15/h3,7H,2,4H2,1H3,(H,14,15)(H,16,17)(H2,12,13,18)/t7-/m1/s1. The molecule has 9 heteroatoms. The number of aromatic nitrogens is 1. The number of thiazole rings is 1. The average Bonchev–Trinajstić information content (AvgIpc) is 2.71. The van der Waals surface area contributed by atoms with Gasteiger partial charge < -0.3 is 20.8 Å². The quantitative estimate of drug-likeness (QED) is 0.590. The molecular formula is C10H13N3O5S. The molecule has 1 aromatic rings. The van der Waals surface area contributed by atoms with Crippen molar-refractivity contribution in [3.63, 3.8) is 0 Å². The summed E-state index contributed by atoms with van der Waals surface area (Å²) in [5.41, 5.74) is 0. The molecule has 0 saturated heterocycles. The summed E-state index contributed by atoms with van der Waals surface area (Å²) in [4.78, 5) is 37.4. The Labute approximate surface area is 112 Å². The molecule has 8 nitrogen and oxygen atoms in total. The van der Waals surface area contributed by atoms with Gasteiger partial charge in [0, 0.05) is 11.1 Å². The van der Waals surface area contributed by atoms with E-state index in [0.29, 0.717) is 0 Å². The van der Waals surface area contributed by atoms with E-state index in [1.165, 1.54) is 11.3 Å². The van der Waals surface area contributed by atoms with Crippen molar-refractivity contribution in [3.05, 3.63) is 16.1 Å². The minimum absolute atomic E-state index is 0.205. The molecular weight excluding hydrogens is 274 g/mol. The van der Waals surface area contributed by atoms with E-state index in [4.69, 9.17) is 10.2 Å². The van der Waals surface area contributed by atoms with E-state index in [1.807, 2.05) is 6.92 Å². The summed E-state index contributed by atoms with van der Waals surface area (Å²) in [6.45, 7) is 2.03. The van der Waals surface area contributed by atoms with E-state index < -0.39 is 30.4 Å². The maximum atomic E-state index is 11.4. The molecule has 0 fully saturated rings. The third-order valence-electron chi connectivity index (χ3n) is 2.07. The third-order valence-corrected chi connectivity index (χ3v) is 2.99. The summed E-state index contributed by atoms with van der Waals surface area (Å²) >= 11 is 1.40. The zero-order valence-corrected chi connectivity index (χ0v) is 10.9. The molecule has 1 rings (SSSR count). The number of amides is 2. The number of hydrogen-bond acceptors (Lipinski definition) is 5. The van der Waals surface area contributed by atoms with Crippen LogP contribution >= 0.6 is 11.3 Å². The molecule has 0 aliphatic heterocycles. The number of carbonyl (C=O) groups excluding carboxylic acids is 1. The van der Waals surface area contributed by atoms with Crippen LogP contribution in [-0.2, 0) is 16.1 Å². The lowest BCUT2D eigenvalue weighted by Crippen LogP contribution is -2.46. The first kappa shape index (κ1) is 14.9. The highest BCUT2D eigenvalue weighted by Gasteiger charge is 2.22. The maximum Gasteiger partial charge on any atom is 0.326 e. The summed E-state index contributed by atoms with van der Waals surface area (Å²) in [7, 11) is 0. The molecule has 104 valence electrons. The van der Waals surface area contributed by atoms with Crippen molar-refractivity contribution in [1.29, 1.82) is 0 Å². The Kier molecular flexibility index (Phi) is 5.24. The van der Waals surface area contributed by atoms with Crippen molar-refractivity contribution in [3.8, 4) is 0 Å². The number of urea groups is 1. The number of hydrogen-bond donors (Lipinski definition) is 4. The van der Waals surface area contributed by atoms with Crippen LogP contribution in [0.4, 0.5) is 4.79 Å². The minimum Gasteiger partial charge on any atom is -0.481 e. The fourth-order valence-corrected chi connectivity index (χ4v) is 1.97. The summed E-state index contributed by atoms with van der Waals surface area (Å²) in [5.74, 6) is -2.70. The predicted octanol–water partition coefficient (Wildman–Crippen LogP) is 0.179. The second-order valence-electron chi connectivity index (χ2n) is 3.66. The van der Waals surface area contributed by atoms with Gasteiger partial charge in [0.05, 0.1) is 18.0 Å². The first-order chi connectivity index (χ1) is 8.88. The summed E-state index contributed by atoms with van der Waals surface area (Å²) in [6, 6.07) is -2.19. The zero-order chi connectivity index (χ0) is 14.4. The lowest BCUT2D eigenvalue weighted by atomic mass is 10.2. The number of carboxylic acid groups (broad SMARTS) is 2. The molecule has 4 N–H and O–H groups in total. The lowest BCUT2D eigenvalue weighted by molar-refractivity contribution is -0.145. The van der Waals surface area contributed by atoms with Crippen molar-refractivity contribution >= 4 is 29.3 Å². The number of nitrogens with zero attached hydrogens (tertiary/aromatic N) is 1. The van der Waals surface area contributed by atoms with E-state index in [2.05, 4.69) is 15.6 Å². The van der Waals surface area contributed by atoms with Gasteiger partial charge >= 0.3 is 18.0 Å². The van der Waals surface area contributed by atoms with Gasteiger partial charge in [-0.3, -0.25) is 4.79 Å².